The normalized spacial score (nSPS) is 8.82. The smallest absolute Gasteiger partial charge is 0.288 e. The second kappa shape index (κ2) is 3.96. The van der Waals surface area contributed by atoms with Crippen LogP contribution in [0, 0.1) is 0 Å². The first-order valence-corrected chi connectivity index (χ1v) is 4.41. The standard InChI is InChI=1S/C8H8N2S/c1-11-8-5-3-2-4-7(8)6-10-9/h2-6H,1H3. The third-order valence-corrected chi connectivity index (χ3v) is 2.15. The summed E-state index contributed by atoms with van der Waals surface area (Å²) >= 11 is 1.63. The summed E-state index contributed by atoms with van der Waals surface area (Å²) in [6, 6.07) is 7.77. The quantitative estimate of drug-likeness (QED) is 0.285. The average molecular weight is 164 g/mol. The van der Waals surface area contributed by atoms with Crippen molar-refractivity contribution in [3.63, 3.8) is 0 Å². The van der Waals surface area contributed by atoms with E-state index in [9.17, 15) is 0 Å². The molecule has 0 aliphatic heterocycles. The molecular formula is C8H8N2S. The molecule has 0 saturated carbocycles. The highest BCUT2D eigenvalue weighted by Gasteiger charge is 1.98. The predicted molar refractivity (Wildman–Crippen MR) is 47.0 cm³/mol. The van der Waals surface area contributed by atoms with Crippen LogP contribution in [0.5, 0.6) is 0 Å². The summed E-state index contributed by atoms with van der Waals surface area (Å²) in [5.41, 5.74) is 9.25. The molecule has 2 nitrogen and oxygen atoms in total. The van der Waals surface area contributed by atoms with Gasteiger partial charge in [-0.2, -0.15) is 4.79 Å². The zero-order valence-electron chi connectivity index (χ0n) is 6.19. The van der Waals surface area contributed by atoms with Crippen molar-refractivity contribution in [2.75, 3.05) is 6.26 Å². The molecular weight excluding hydrogens is 156 g/mol. The van der Waals surface area contributed by atoms with Gasteiger partial charge < -0.3 is 5.53 Å². The molecule has 0 unspecified atom stereocenters. The lowest BCUT2D eigenvalue weighted by atomic mass is 10.2. The van der Waals surface area contributed by atoms with Crippen molar-refractivity contribution in [3.8, 4) is 0 Å². The molecule has 0 N–H and O–H groups in total. The first kappa shape index (κ1) is 8.05. The Bertz CT molecular complexity index is 290. The van der Waals surface area contributed by atoms with Gasteiger partial charge in [-0.1, -0.05) is 12.1 Å². The number of thioether (sulfide) groups is 1. The molecule has 0 amide bonds. The molecule has 1 aromatic carbocycles. The summed E-state index contributed by atoms with van der Waals surface area (Å²) in [4.78, 5) is 4.09. The zero-order valence-corrected chi connectivity index (χ0v) is 7.01. The van der Waals surface area contributed by atoms with Crippen LogP contribution in [0.1, 0.15) is 5.56 Å². The molecule has 0 aromatic heterocycles. The predicted octanol–water partition coefficient (Wildman–Crippen LogP) is 2.06. The fourth-order valence-corrected chi connectivity index (χ4v) is 1.41. The van der Waals surface area contributed by atoms with Gasteiger partial charge in [-0.15, -0.1) is 11.8 Å². The van der Waals surface area contributed by atoms with Gasteiger partial charge in [-0.05, 0) is 18.4 Å². The maximum absolute atomic E-state index is 8.30. The molecule has 0 bridgehead atoms. The van der Waals surface area contributed by atoms with Crippen LogP contribution in [0.2, 0.25) is 0 Å². The van der Waals surface area contributed by atoms with E-state index < -0.39 is 0 Å². The van der Waals surface area contributed by atoms with Crippen molar-refractivity contribution in [3.05, 3.63) is 35.4 Å². The van der Waals surface area contributed by atoms with Gasteiger partial charge in [-0.25, -0.2) is 0 Å². The molecule has 1 aromatic rings. The summed E-state index contributed by atoms with van der Waals surface area (Å²) in [6.07, 6.45) is 3.43. The van der Waals surface area contributed by atoms with E-state index in [0.717, 1.165) is 10.5 Å². The van der Waals surface area contributed by atoms with Crippen LogP contribution in [0.4, 0.5) is 0 Å². The minimum absolute atomic E-state index is 0.947. The summed E-state index contributed by atoms with van der Waals surface area (Å²) in [6.45, 7) is 0. The van der Waals surface area contributed by atoms with Gasteiger partial charge in [-0.3, -0.25) is 0 Å². The van der Waals surface area contributed by atoms with E-state index in [-0.39, 0.29) is 0 Å². The second-order valence-electron chi connectivity index (χ2n) is 1.99. The van der Waals surface area contributed by atoms with E-state index in [4.69, 9.17) is 5.53 Å². The molecule has 0 saturated heterocycles. The summed E-state index contributed by atoms with van der Waals surface area (Å²) in [7, 11) is 0. The molecule has 0 heterocycles. The van der Waals surface area contributed by atoms with Crippen molar-refractivity contribution in [1.82, 2.24) is 0 Å². The fraction of sp³-hybridized carbons (Fsp3) is 0.125. The Labute approximate surface area is 69.9 Å². The SMILES string of the molecule is CSc1ccccc1C=[N+]=[N-]. The fourth-order valence-electron chi connectivity index (χ4n) is 0.835. The maximum atomic E-state index is 8.30. The molecule has 11 heavy (non-hydrogen) atoms. The number of hydrogen-bond donors (Lipinski definition) is 0. The van der Waals surface area contributed by atoms with Crippen LogP contribution in [0.15, 0.2) is 29.2 Å². The van der Waals surface area contributed by atoms with Gasteiger partial charge in [0.25, 0.3) is 6.21 Å². The Hall–Kier alpha value is -1.05. The molecule has 0 atom stereocenters. The first-order valence-electron chi connectivity index (χ1n) is 3.19. The Balaban J connectivity index is 3.11. The highest BCUT2D eigenvalue weighted by molar-refractivity contribution is 7.98. The maximum Gasteiger partial charge on any atom is 0.288 e. The third-order valence-electron chi connectivity index (χ3n) is 1.34. The molecule has 0 aliphatic carbocycles. The van der Waals surface area contributed by atoms with Gasteiger partial charge in [0.1, 0.15) is 0 Å². The summed E-state index contributed by atoms with van der Waals surface area (Å²) < 4.78 is 0. The van der Waals surface area contributed by atoms with E-state index in [2.05, 4.69) is 4.79 Å². The lowest BCUT2D eigenvalue weighted by Crippen LogP contribution is -1.84. The van der Waals surface area contributed by atoms with E-state index in [1.807, 2.05) is 30.5 Å². The number of rotatable bonds is 2. The molecule has 3 heteroatoms. The van der Waals surface area contributed by atoms with Crippen LogP contribution in [0.3, 0.4) is 0 Å². The molecule has 56 valence electrons. The Morgan fingerprint density at radius 1 is 1.45 bits per heavy atom. The number of hydrogen-bond acceptors (Lipinski definition) is 1. The highest BCUT2D eigenvalue weighted by Crippen LogP contribution is 2.17. The first-order chi connectivity index (χ1) is 5.38. The van der Waals surface area contributed by atoms with Gasteiger partial charge in [0, 0.05) is 4.90 Å². The Morgan fingerprint density at radius 2 is 2.18 bits per heavy atom. The van der Waals surface area contributed by atoms with E-state index >= 15 is 0 Å². The number of nitrogens with zero attached hydrogens (tertiary/aromatic N) is 2. The average Bonchev–Trinajstić information content (AvgIpc) is 2.06. The minimum Gasteiger partial charge on any atom is -0.361 e. The van der Waals surface area contributed by atoms with Crippen molar-refractivity contribution >= 4 is 18.0 Å². The van der Waals surface area contributed by atoms with E-state index in [0.29, 0.717) is 0 Å². The van der Waals surface area contributed by atoms with E-state index in [1.165, 1.54) is 6.21 Å². The third kappa shape index (κ3) is 1.93. The van der Waals surface area contributed by atoms with Crippen molar-refractivity contribution < 1.29 is 4.79 Å². The van der Waals surface area contributed by atoms with Crippen molar-refractivity contribution in [2.24, 2.45) is 0 Å². The second-order valence-corrected chi connectivity index (χ2v) is 2.83. The largest absolute Gasteiger partial charge is 0.361 e. The molecule has 0 fully saturated rings. The molecule has 0 radical (unpaired) electrons. The van der Waals surface area contributed by atoms with Crippen molar-refractivity contribution in [1.29, 1.82) is 0 Å². The van der Waals surface area contributed by atoms with E-state index in [1.54, 1.807) is 11.8 Å². The molecule has 0 spiro atoms. The minimum atomic E-state index is 0.947. The van der Waals surface area contributed by atoms with Crippen LogP contribution in [-0.2, 0) is 0 Å². The number of benzene rings is 1. The summed E-state index contributed by atoms with van der Waals surface area (Å²) in [5.74, 6) is 0. The van der Waals surface area contributed by atoms with Gasteiger partial charge in [0.05, 0.1) is 5.56 Å². The van der Waals surface area contributed by atoms with Crippen LogP contribution in [-0.4, -0.2) is 17.3 Å². The van der Waals surface area contributed by atoms with Crippen LogP contribution >= 0.6 is 11.8 Å². The molecule has 0 aliphatic rings. The zero-order chi connectivity index (χ0) is 8.10. The van der Waals surface area contributed by atoms with Gasteiger partial charge >= 0.3 is 0 Å². The summed E-state index contributed by atoms with van der Waals surface area (Å²) in [5, 5.41) is 0. The van der Waals surface area contributed by atoms with Crippen LogP contribution < -0.4 is 0 Å². The molecule has 1 rings (SSSR count). The van der Waals surface area contributed by atoms with Gasteiger partial charge in [0.2, 0.25) is 0 Å². The lowest BCUT2D eigenvalue weighted by Gasteiger charge is -1.95. The Kier molecular flexibility index (Phi) is 2.90. The Morgan fingerprint density at radius 3 is 2.82 bits per heavy atom. The monoisotopic (exact) mass is 164 g/mol. The highest BCUT2D eigenvalue weighted by atomic mass is 32.2. The lowest BCUT2D eigenvalue weighted by molar-refractivity contribution is 0.00439. The van der Waals surface area contributed by atoms with Crippen LogP contribution in [0.25, 0.3) is 5.53 Å². The topological polar surface area (TPSA) is 36.4 Å². The van der Waals surface area contributed by atoms with Crippen molar-refractivity contribution in [2.45, 2.75) is 4.90 Å². The van der Waals surface area contributed by atoms with Gasteiger partial charge in [0.15, 0.2) is 0 Å².